The van der Waals surface area contributed by atoms with E-state index >= 15 is 0 Å². The van der Waals surface area contributed by atoms with E-state index in [0.717, 1.165) is 28.2 Å². The smallest absolute Gasteiger partial charge is 0.213 e. The van der Waals surface area contributed by atoms with E-state index in [1.807, 2.05) is 73.5 Å². The molecule has 7 heteroatoms. The van der Waals surface area contributed by atoms with Gasteiger partial charge in [0.15, 0.2) is 0 Å². The fraction of sp³-hybridized carbons (Fsp3) is 0.240. The molecule has 2 aliphatic rings. The monoisotopic (exact) mass is 486 g/mol. The Labute approximate surface area is 202 Å². The van der Waals surface area contributed by atoms with Gasteiger partial charge >= 0.3 is 0 Å². The fourth-order valence-electron chi connectivity index (χ4n) is 4.13. The Balaban J connectivity index is 1.56. The summed E-state index contributed by atoms with van der Waals surface area (Å²) in [5.74, 6) is 1.46. The number of hydrogen-bond acceptors (Lipinski definition) is 4. The molecule has 5 rings (SSSR count). The van der Waals surface area contributed by atoms with Crippen molar-refractivity contribution in [2.75, 3.05) is 0 Å². The first-order valence-electron chi connectivity index (χ1n) is 10.4. The van der Waals surface area contributed by atoms with Crippen molar-refractivity contribution >= 4 is 40.5 Å². The maximum atomic E-state index is 6.54. The Morgan fingerprint density at radius 3 is 2.38 bits per heavy atom. The molecule has 0 N–H and O–H groups in total. The van der Waals surface area contributed by atoms with Gasteiger partial charge in [0.1, 0.15) is 11.5 Å². The van der Waals surface area contributed by atoms with Gasteiger partial charge in [-0.3, -0.25) is 0 Å². The number of ether oxygens (including phenoxy) is 2. The lowest BCUT2D eigenvalue weighted by Gasteiger charge is -2.38. The van der Waals surface area contributed by atoms with Gasteiger partial charge in [0.2, 0.25) is 6.23 Å². The summed E-state index contributed by atoms with van der Waals surface area (Å²) in [5.41, 5.74) is 3.89. The lowest BCUT2D eigenvalue weighted by Crippen LogP contribution is -2.33. The lowest BCUT2D eigenvalue weighted by atomic mass is 9.96. The van der Waals surface area contributed by atoms with Gasteiger partial charge < -0.3 is 9.47 Å². The number of nitrogens with zero attached hydrogens (tertiary/aromatic N) is 2. The molecule has 2 heterocycles. The first-order chi connectivity index (χ1) is 15.4. The van der Waals surface area contributed by atoms with Crippen LogP contribution in [0.25, 0.3) is 0 Å². The van der Waals surface area contributed by atoms with Crippen LogP contribution < -0.4 is 9.47 Å². The van der Waals surface area contributed by atoms with E-state index in [1.165, 1.54) is 0 Å². The predicted molar refractivity (Wildman–Crippen MR) is 129 cm³/mol. The Morgan fingerprint density at radius 1 is 0.969 bits per heavy atom. The van der Waals surface area contributed by atoms with Crippen LogP contribution in [0, 0.1) is 0 Å². The van der Waals surface area contributed by atoms with Crippen molar-refractivity contribution < 1.29 is 9.47 Å². The van der Waals surface area contributed by atoms with Gasteiger partial charge in [0.25, 0.3) is 0 Å². The molecule has 2 aliphatic heterocycles. The van der Waals surface area contributed by atoms with Crippen molar-refractivity contribution in [3.05, 3.63) is 92.4 Å². The van der Waals surface area contributed by atoms with Crippen LogP contribution in [0.5, 0.6) is 11.5 Å². The third kappa shape index (κ3) is 4.03. The standard InChI is InChI=1S/C25H21Cl3N2O2/c1-14(2)31-19-9-5-16(6-10-19)25-30-23(20-11-18(27)12-21(28)24(20)32-25)13-22(29-30)15-3-7-17(26)8-4-15/h3-12,14,23,25H,13H2,1-2H3/t23-,25-/m0/s1. The van der Waals surface area contributed by atoms with E-state index in [2.05, 4.69) is 0 Å². The maximum absolute atomic E-state index is 6.54. The molecule has 32 heavy (non-hydrogen) atoms. The SMILES string of the molecule is CC(C)Oc1ccc([C@@H]2Oc3c(Cl)cc(Cl)cc3[C@@H]3CC(c4ccc(Cl)cc4)=NN32)cc1. The highest BCUT2D eigenvalue weighted by atomic mass is 35.5. The quantitative estimate of drug-likeness (QED) is 0.378. The van der Waals surface area contributed by atoms with Gasteiger partial charge in [-0.05, 0) is 67.9 Å². The molecule has 164 valence electrons. The van der Waals surface area contributed by atoms with E-state index in [1.54, 1.807) is 6.07 Å². The van der Waals surface area contributed by atoms with E-state index in [9.17, 15) is 0 Å². The summed E-state index contributed by atoms with van der Waals surface area (Å²) < 4.78 is 12.2. The minimum Gasteiger partial charge on any atom is -0.491 e. The predicted octanol–water partition coefficient (Wildman–Crippen LogP) is 7.68. The molecule has 0 saturated heterocycles. The van der Waals surface area contributed by atoms with Crippen molar-refractivity contribution in [2.24, 2.45) is 5.10 Å². The van der Waals surface area contributed by atoms with E-state index in [0.29, 0.717) is 27.2 Å². The summed E-state index contributed by atoms with van der Waals surface area (Å²) in [6.45, 7) is 4.01. The van der Waals surface area contributed by atoms with E-state index in [-0.39, 0.29) is 12.1 Å². The fourth-order valence-corrected chi connectivity index (χ4v) is 4.81. The van der Waals surface area contributed by atoms with Crippen molar-refractivity contribution in [3.8, 4) is 11.5 Å². The molecular weight excluding hydrogens is 467 g/mol. The van der Waals surface area contributed by atoms with Crippen LogP contribution in [0.1, 0.15) is 49.2 Å². The second-order valence-corrected chi connectivity index (χ2v) is 9.45. The van der Waals surface area contributed by atoms with Crippen molar-refractivity contribution in [2.45, 2.75) is 38.6 Å². The van der Waals surface area contributed by atoms with Crippen LogP contribution in [0.15, 0.2) is 65.8 Å². The number of halogens is 3. The van der Waals surface area contributed by atoms with E-state index < -0.39 is 6.23 Å². The number of hydrazone groups is 1. The molecule has 0 radical (unpaired) electrons. The van der Waals surface area contributed by atoms with Crippen molar-refractivity contribution in [1.29, 1.82) is 0 Å². The average molecular weight is 488 g/mol. The molecule has 0 aliphatic carbocycles. The summed E-state index contributed by atoms with van der Waals surface area (Å²) in [6, 6.07) is 19.2. The second kappa shape index (κ2) is 8.51. The number of benzene rings is 3. The van der Waals surface area contributed by atoms with Gasteiger partial charge in [0.05, 0.1) is 22.9 Å². The highest BCUT2D eigenvalue weighted by Crippen LogP contribution is 2.50. The summed E-state index contributed by atoms with van der Waals surface area (Å²) in [5, 5.41) is 8.72. The largest absolute Gasteiger partial charge is 0.491 e. The van der Waals surface area contributed by atoms with Crippen LogP contribution in [-0.4, -0.2) is 16.8 Å². The van der Waals surface area contributed by atoms with Crippen LogP contribution in [-0.2, 0) is 0 Å². The van der Waals surface area contributed by atoms with Crippen LogP contribution in [0.2, 0.25) is 15.1 Å². The third-order valence-corrected chi connectivity index (χ3v) is 6.27. The molecule has 0 saturated carbocycles. The summed E-state index contributed by atoms with van der Waals surface area (Å²) in [7, 11) is 0. The molecule has 3 aromatic rings. The van der Waals surface area contributed by atoms with Gasteiger partial charge in [-0.1, -0.05) is 46.9 Å². The van der Waals surface area contributed by atoms with Gasteiger partial charge in [0, 0.05) is 27.6 Å². The lowest BCUT2D eigenvalue weighted by molar-refractivity contribution is -0.0189. The third-order valence-electron chi connectivity index (χ3n) is 5.52. The molecule has 0 unspecified atom stereocenters. The first-order valence-corrected chi connectivity index (χ1v) is 11.6. The Kier molecular flexibility index (Phi) is 5.70. The number of fused-ring (bicyclic) bond motifs is 3. The van der Waals surface area contributed by atoms with Gasteiger partial charge in [-0.2, -0.15) is 5.10 Å². The molecule has 0 fully saturated rings. The minimum atomic E-state index is -0.427. The molecule has 2 atom stereocenters. The molecule has 4 nitrogen and oxygen atoms in total. The number of rotatable bonds is 4. The highest BCUT2D eigenvalue weighted by molar-refractivity contribution is 6.35. The Bertz CT molecular complexity index is 1180. The van der Waals surface area contributed by atoms with E-state index in [4.69, 9.17) is 49.4 Å². The summed E-state index contributed by atoms with van der Waals surface area (Å²) in [4.78, 5) is 0. The second-order valence-electron chi connectivity index (χ2n) is 8.17. The molecule has 0 amide bonds. The number of hydrogen-bond donors (Lipinski definition) is 0. The normalized spacial score (nSPS) is 19.3. The van der Waals surface area contributed by atoms with Crippen LogP contribution in [0.3, 0.4) is 0 Å². The summed E-state index contributed by atoms with van der Waals surface area (Å²) >= 11 is 19.0. The van der Waals surface area contributed by atoms with Crippen LogP contribution >= 0.6 is 34.8 Å². The van der Waals surface area contributed by atoms with Crippen molar-refractivity contribution in [1.82, 2.24) is 5.01 Å². The highest BCUT2D eigenvalue weighted by Gasteiger charge is 2.42. The Morgan fingerprint density at radius 2 is 1.69 bits per heavy atom. The van der Waals surface area contributed by atoms with Crippen molar-refractivity contribution in [3.63, 3.8) is 0 Å². The van der Waals surface area contributed by atoms with Gasteiger partial charge in [-0.15, -0.1) is 0 Å². The zero-order valence-electron chi connectivity index (χ0n) is 17.6. The molecule has 3 aromatic carbocycles. The van der Waals surface area contributed by atoms with Crippen LogP contribution in [0.4, 0.5) is 0 Å². The zero-order chi connectivity index (χ0) is 22.4. The zero-order valence-corrected chi connectivity index (χ0v) is 19.8. The minimum absolute atomic E-state index is 0.0442. The first kappa shape index (κ1) is 21.4. The average Bonchev–Trinajstić information content (AvgIpc) is 3.20. The molecule has 0 bridgehead atoms. The molecular formula is C25H21Cl3N2O2. The summed E-state index contributed by atoms with van der Waals surface area (Å²) in [6.07, 6.45) is 0.389. The maximum Gasteiger partial charge on any atom is 0.213 e. The molecule has 0 aromatic heterocycles. The Hall–Kier alpha value is -2.40. The topological polar surface area (TPSA) is 34.1 Å². The van der Waals surface area contributed by atoms with Gasteiger partial charge in [-0.25, -0.2) is 5.01 Å². The molecule has 0 spiro atoms.